The average Bonchev–Trinajstić information content (AvgIpc) is 3.76. The molecule has 0 saturated carbocycles. The van der Waals surface area contributed by atoms with Crippen LogP contribution in [0.25, 0.3) is 5.82 Å². The van der Waals surface area contributed by atoms with Crippen LogP contribution in [0.15, 0.2) is 81.1 Å². The van der Waals surface area contributed by atoms with Crippen molar-refractivity contribution in [2.45, 2.75) is 19.4 Å². The lowest BCUT2D eigenvalue weighted by Crippen LogP contribution is -2.31. The molecule has 0 unspecified atom stereocenters. The number of nitrogen functional groups attached to an aromatic ring is 1. The van der Waals surface area contributed by atoms with E-state index in [0.29, 0.717) is 23.6 Å². The van der Waals surface area contributed by atoms with Crippen molar-refractivity contribution in [3.8, 4) is 11.6 Å². The number of esters is 1. The van der Waals surface area contributed by atoms with Gasteiger partial charge in [0.15, 0.2) is 5.69 Å². The molecule has 1 amide bonds. The molecule has 4 heterocycles. The molecule has 14 nitrogen and oxygen atoms in total. The van der Waals surface area contributed by atoms with E-state index in [-0.39, 0.29) is 23.1 Å². The lowest BCUT2D eigenvalue weighted by molar-refractivity contribution is 0.0701. The fraction of sp³-hybridized carbons (Fsp3) is 0.148. The third kappa shape index (κ3) is 5.38. The number of benzene rings is 2. The summed E-state index contributed by atoms with van der Waals surface area (Å²) in [5, 5.41) is 19.7. The molecule has 206 valence electrons. The maximum absolute atomic E-state index is 13.2. The monoisotopic (exact) mass is 553 g/mol. The Kier molecular flexibility index (Phi) is 6.92. The summed E-state index contributed by atoms with van der Waals surface area (Å²) in [6, 6.07) is 17.8. The van der Waals surface area contributed by atoms with Gasteiger partial charge in [0, 0.05) is 12.2 Å². The fourth-order valence-electron chi connectivity index (χ4n) is 4.48. The molecule has 3 aromatic heterocycles. The largest absolute Gasteiger partial charge is 0.457 e. The van der Waals surface area contributed by atoms with Crippen LogP contribution in [0.4, 0.5) is 11.5 Å². The molecule has 1 aliphatic heterocycles. The first-order valence-corrected chi connectivity index (χ1v) is 12.6. The first kappa shape index (κ1) is 25.5. The molecular weight excluding hydrogens is 530 g/mol. The van der Waals surface area contributed by atoms with Crippen LogP contribution in [0.5, 0.6) is 5.75 Å². The number of fused-ring (bicyclic) bond motifs is 1. The maximum atomic E-state index is 13.2. The van der Waals surface area contributed by atoms with Crippen LogP contribution in [0.1, 0.15) is 44.3 Å². The van der Waals surface area contributed by atoms with E-state index in [4.69, 9.17) is 19.5 Å². The molecule has 0 saturated heterocycles. The van der Waals surface area contributed by atoms with E-state index < -0.39 is 11.9 Å². The Morgan fingerprint density at radius 3 is 2.73 bits per heavy atom. The number of hydrogen-bond donors (Lipinski definition) is 2. The molecule has 14 heteroatoms. The van der Waals surface area contributed by atoms with Crippen molar-refractivity contribution in [1.29, 1.82) is 0 Å². The van der Waals surface area contributed by atoms with Gasteiger partial charge in [0.1, 0.15) is 5.75 Å². The molecule has 6 rings (SSSR count). The van der Waals surface area contributed by atoms with Gasteiger partial charge in [0.25, 0.3) is 5.91 Å². The molecule has 0 fully saturated rings. The van der Waals surface area contributed by atoms with Gasteiger partial charge in [-0.3, -0.25) is 4.79 Å². The third-order valence-corrected chi connectivity index (χ3v) is 6.41. The molecule has 0 atom stereocenters. The summed E-state index contributed by atoms with van der Waals surface area (Å²) in [6.07, 6.45) is 4.76. The van der Waals surface area contributed by atoms with E-state index in [2.05, 4.69) is 42.1 Å². The minimum atomic E-state index is -0.608. The van der Waals surface area contributed by atoms with Crippen LogP contribution in [0.3, 0.4) is 0 Å². The number of ether oxygens (including phenoxy) is 1. The van der Waals surface area contributed by atoms with Gasteiger partial charge in [-0.2, -0.15) is 9.78 Å². The summed E-state index contributed by atoms with van der Waals surface area (Å²) in [5.74, 6) is -0.612. The highest BCUT2D eigenvalue weighted by Crippen LogP contribution is 2.29. The van der Waals surface area contributed by atoms with Crippen molar-refractivity contribution in [3.05, 3.63) is 95.2 Å². The van der Waals surface area contributed by atoms with Crippen molar-refractivity contribution in [3.63, 3.8) is 0 Å². The number of nitrogens with zero attached hydrogens (tertiary/aromatic N) is 7. The highest BCUT2D eigenvalue weighted by molar-refractivity contribution is 5.94. The number of nitrogens with one attached hydrogen (secondary N) is 1. The first-order chi connectivity index (χ1) is 20.1. The molecule has 3 N–H and O–H groups in total. The molecule has 1 aliphatic rings. The van der Waals surface area contributed by atoms with Gasteiger partial charge in [0.05, 0.1) is 24.7 Å². The predicted molar refractivity (Wildman–Crippen MR) is 145 cm³/mol. The molecule has 0 aliphatic carbocycles. The molecule has 0 bridgehead atoms. The van der Waals surface area contributed by atoms with E-state index in [1.807, 2.05) is 18.2 Å². The number of hydrogen-bond acceptors (Lipinski definition) is 12. The topological polar surface area (TPSA) is 180 Å². The van der Waals surface area contributed by atoms with E-state index in [1.54, 1.807) is 30.3 Å². The number of anilines is 2. The summed E-state index contributed by atoms with van der Waals surface area (Å²) < 4.78 is 16.4. The zero-order chi connectivity index (χ0) is 28.2. The molecule has 0 spiro atoms. The van der Waals surface area contributed by atoms with Crippen LogP contribution < -0.4 is 20.8 Å². The number of hydrazone groups is 1. The smallest absolute Gasteiger partial charge is 0.379 e. The summed E-state index contributed by atoms with van der Waals surface area (Å²) >= 11 is 0. The Balaban J connectivity index is 1.18. The standard InChI is InChI=1S/C27H23N9O5/c28-24-25(33-41-32-24)36-21(16-35-13-3-6-18-5-1-2-7-20(18)35)23(30-34-36)26(37)31-29-15-17-9-11-19(12-10-17)40-27(38)22-8-4-14-39-22/h1-2,4-5,7-12,14-15H,3,6,13,16H2,(H2,28,32)(H,31,37)/b29-15-. The number of aryl methyl sites for hydroxylation is 1. The number of amides is 1. The van der Waals surface area contributed by atoms with Gasteiger partial charge in [-0.25, -0.2) is 14.8 Å². The second-order valence-electron chi connectivity index (χ2n) is 9.06. The fourth-order valence-corrected chi connectivity index (χ4v) is 4.48. The van der Waals surface area contributed by atoms with Crippen LogP contribution in [-0.2, 0) is 13.0 Å². The lowest BCUT2D eigenvalue weighted by Gasteiger charge is -2.31. The zero-order valence-electron chi connectivity index (χ0n) is 21.5. The van der Waals surface area contributed by atoms with Gasteiger partial charge < -0.3 is 19.8 Å². The minimum absolute atomic E-state index is 0.0125. The Labute approximate surface area is 232 Å². The first-order valence-electron chi connectivity index (χ1n) is 12.6. The SMILES string of the molecule is Nc1nonc1-n1nnc(C(=O)N/N=C\c2ccc(OC(=O)c3ccco3)cc2)c1CN1CCCc2ccccc21. The van der Waals surface area contributed by atoms with Crippen molar-refractivity contribution < 1.29 is 23.4 Å². The Morgan fingerprint density at radius 2 is 1.95 bits per heavy atom. The number of furan rings is 1. The molecular formula is C27H23N9O5. The molecule has 0 radical (unpaired) electrons. The number of aromatic nitrogens is 5. The molecule has 2 aromatic carbocycles. The minimum Gasteiger partial charge on any atom is -0.457 e. The highest BCUT2D eigenvalue weighted by Gasteiger charge is 2.27. The lowest BCUT2D eigenvalue weighted by atomic mass is 10.0. The molecule has 41 heavy (non-hydrogen) atoms. The Hall–Kier alpha value is -5.79. The maximum Gasteiger partial charge on any atom is 0.379 e. The van der Waals surface area contributed by atoms with Crippen molar-refractivity contribution in [2.24, 2.45) is 5.10 Å². The third-order valence-electron chi connectivity index (χ3n) is 6.41. The van der Waals surface area contributed by atoms with Crippen molar-refractivity contribution in [1.82, 2.24) is 30.7 Å². The van der Waals surface area contributed by atoms with E-state index in [0.717, 1.165) is 25.1 Å². The normalized spacial score (nSPS) is 12.8. The van der Waals surface area contributed by atoms with Gasteiger partial charge in [0.2, 0.25) is 17.4 Å². The van der Waals surface area contributed by atoms with Crippen molar-refractivity contribution >= 4 is 29.6 Å². The summed E-state index contributed by atoms with van der Waals surface area (Å²) in [4.78, 5) is 27.4. The van der Waals surface area contributed by atoms with Gasteiger partial charge >= 0.3 is 5.97 Å². The van der Waals surface area contributed by atoms with Crippen LogP contribution >= 0.6 is 0 Å². The average molecular weight is 554 g/mol. The number of carbonyl (C=O) groups excluding carboxylic acids is 2. The second kappa shape index (κ2) is 11.1. The number of nitrogens with two attached hydrogens (primary N) is 1. The Morgan fingerprint density at radius 1 is 1.10 bits per heavy atom. The summed E-state index contributed by atoms with van der Waals surface area (Å²) in [6.45, 7) is 1.09. The number of rotatable bonds is 8. The van der Waals surface area contributed by atoms with E-state index in [1.165, 1.54) is 28.8 Å². The van der Waals surface area contributed by atoms with Gasteiger partial charge in [-0.05, 0) is 76.7 Å². The van der Waals surface area contributed by atoms with E-state index >= 15 is 0 Å². The quantitative estimate of drug-likeness (QED) is 0.125. The van der Waals surface area contributed by atoms with Crippen LogP contribution in [0.2, 0.25) is 0 Å². The molecule has 5 aromatic rings. The second-order valence-corrected chi connectivity index (χ2v) is 9.06. The number of carbonyl (C=O) groups is 2. The van der Waals surface area contributed by atoms with Gasteiger partial charge in [-0.15, -0.1) is 5.10 Å². The predicted octanol–water partition coefficient (Wildman–Crippen LogP) is 2.76. The zero-order valence-corrected chi connectivity index (χ0v) is 21.5. The van der Waals surface area contributed by atoms with Crippen LogP contribution in [-0.4, -0.2) is 49.9 Å². The summed E-state index contributed by atoms with van der Waals surface area (Å²) in [5.41, 5.74) is 11.8. The number of para-hydroxylation sites is 1. The van der Waals surface area contributed by atoms with E-state index in [9.17, 15) is 9.59 Å². The van der Waals surface area contributed by atoms with Gasteiger partial charge in [-0.1, -0.05) is 23.4 Å². The highest BCUT2D eigenvalue weighted by atomic mass is 16.6. The van der Waals surface area contributed by atoms with Crippen molar-refractivity contribution in [2.75, 3.05) is 17.2 Å². The Bertz CT molecular complexity index is 1710. The summed E-state index contributed by atoms with van der Waals surface area (Å²) in [7, 11) is 0. The van der Waals surface area contributed by atoms with Crippen LogP contribution in [0, 0.1) is 0 Å².